The lowest BCUT2D eigenvalue weighted by atomic mass is 9.73. The number of piperidine rings is 1. The molecule has 2 aliphatic rings. The van der Waals surface area contributed by atoms with Crippen LogP contribution in [0.4, 0.5) is 0 Å². The molecule has 2 heterocycles. The molecule has 2 aliphatic heterocycles. The van der Waals surface area contributed by atoms with E-state index in [1.54, 1.807) is 0 Å². The third kappa shape index (κ3) is 4.95. The van der Waals surface area contributed by atoms with Crippen LogP contribution in [0.1, 0.15) is 58.9 Å². The molecule has 29 heavy (non-hydrogen) atoms. The minimum absolute atomic E-state index is 0.182. The minimum atomic E-state index is -0.488. The fourth-order valence-corrected chi connectivity index (χ4v) is 4.47. The van der Waals surface area contributed by atoms with Gasteiger partial charge in [-0.05, 0) is 71.1 Å². The Morgan fingerprint density at radius 3 is 2.21 bits per heavy atom. The van der Waals surface area contributed by atoms with Crippen LogP contribution in [0.15, 0.2) is 24.3 Å². The van der Waals surface area contributed by atoms with Gasteiger partial charge in [-0.3, -0.25) is 4.79 Å². The van der Waals surface area contributed by atoms with Gasteiger partial charge in [-0.1, -0.05) is 12.1 Å². The van der Waals surface area contributed by atoms with Crippen molar-refractivity contribution in [1.29, 1.82) is 0 Å². The number of rotatable bonds is 6. The molecule has 0 spiro atoms. The predicted molar refractivity (Wildman–Crippen MR) is 116 cm³/mol. The largest absolute Gasteiger partial charge is 0.490 e. The maximum absolute atomic E-state index is 13.4. The van der Waals surface area contributed by atoms with Gasteiger partial charge in [0.05, 0.1) is 5.41 Å². The summed E-state index contributed by atoms with van der Waals surface area (Å²) in [6.45, 7) is 12.1. The topological polar surface area (TPSA) is 42.0 Å². The Labute approximate surface area is 176 Å². The van der Waals surface area contributed by atoms with Crippen molar-refractivity contribution in [3.05, 3.63) is 29.8 Å². The zero-order chi connectivity index (χ0) is 21.0. The number of ether oxygens (including phenoxy) is 2. The Bertz CT molecular complexity index is 657. The van der Waals surface area contributed by atoms with E-state index in [0.29, 0.717) is 19.3 Å². The highest BCUT2D eigenvalue weighted by molar-refractivity contribution is 5.88. The van der Waals surface area contributed by atoms with Crippen molar-refractivity contribution in [1.82, 2.24) is 9.80 Å². The molecular weight excluding hydrogens is 364 g/mol. The van der Waals surface area contributed by atoms with Gasteiger partial charge >= 0.3 is 0 Å². The van der Waals surface area contributed by atoms with Crippen LogP contribution < -0.4 is 4.74 Å². The fourth-order valence-electron chi connectivity index (χ4n) is 4.47. The number of carbonyl (C=O) groups excluding carboxylic acids is 1. The lowest BCUT2D eigenvalue weighted by Gasteiger charge is -2.40. The molecule has 2 saturated heterocycles. The van der Waals surface area contributed by atoms with Gasteiger partial charge in [0.15, 0.2) is 0 Å². The van der Waals surface area contributed by atoms with Gasteiger partial charge in [-0.15, -0.1) is 0 Å². The average Bonchev–Trinajstić information content (AvgIpc) is 2.74. The number of hydrogen-bond acceptors (Lipinski definition) is 4. The summed E-state index contributed by atoms with van der Waals surface area (Å²) in [5.74, 6) is 1.11. The lowest BCUT2D eigenvalue weighted by molar-refractivity contribution is -0.141. The second-order valence-corrected chi connectivity index (χ2v) is 9.18. The van der Waals surface area contributed by atoms with E-state index in [4.69, 9.17) is 9.47 Å². The predicted octanol–water partition coefficient (Wildman–Crippen LogP) is 3.85. The Hall–Kier alpha value is -1.59. The van der Waals surface area contributed by atoms with E-state index < -0.39 is 5.41 Å². The Morgan fingerprint density at radius 1 is 1.10 bits per heavy atom. The first-order valence-corrected chi connectivity index (χ1v) is 11.2. The molecule has 3 rings (SSSR count). The van der Waals surface area contributed by atoms with Crippen LogP contribution in [0.25, 0.3) is 0 Å². The fraction of sp³-hybridized carbons (Fsp3) is 0.708. The second kappa shape index (κ2) is 9.48. The molecule has 1 aromatic rings. The number of likely N-dealkylation sites (N-methyl/N-ethyl adjacent to an activating group) is 1. The standard InChI is InChI=1S/C24H38N2O3/c1-18(2)25(5)23(27)24(12-16-28-17-13-24)20-6-8-21(9-7-20)29-22-10-14-26(15-11-22)19(3)4/h6-9,18-19,22H,10-17H2,1-5H3. The van der Waals surface area contributed by atoms with Gasteiger partial charge in [0.1, 0.15) is 11.9 Å². The number of carbonyl (C=O) groups is 1. The maximum atomic E-state index is 13.4. The summed E-state index contributed by atoms with van der Waals surface area (Å²) in [7, 11) is 1.91. The normalized spacial score (nSPS) is 20.8. The van der Waals surface area contributed by atoms with Gasteiger partial charge in [-0.25, -0.2) is 0 Å². The molecule has 0 bridgehead atoms. The van der Waals surface area contributed by atoms with Crippen molar-refractivity contribution in [2.24, 2.45) is 0 Å². The zero-order valence-electron chi connectivity index (χ0n) is 18.8. The van der Waals surface area contributed by atoms with Crippen molar-refractivity contribution in [2.45, 2.75) is 77.0 Å². The zero-order valence-corrected chi connectivity index (χ0v) is 18.8. The monoisotopic (exact) mass is 402 g/mol. The van der Waals surface area contributed by atoms with E-state index in [2.05, 4.69) is 44.7 Å². The van der Waals surface area contributed by atoms with Gasteiger partial charge < -0.3 is 19.3 Å². The SMILES string of the molecule is CC(C)N1CCC(Oc2ccc(C3(C(=O)N(C)C(C)C)CCOCC3)cc2)CC1. The summed E-state index contributed by atoms with van der Waals surface area (Å²) in [6, 6.07) is 9.06. The third-order valence-electron chi connectivity index (χ3n) is 6.77. The van der Waals surface area contributed by atoms with Crippen LogP contribution in [0.5, 0.6) is 5.75 Å². The molecule has 0 aromatic heterocycles. The van der Waals surface area contributed by atoms with Crippen LogP contribution in [-0.2, 0) is 14.9 Å². The lowest BCUT2D eigenvalue weighted by Crippen LogP contribution is -2.50. The van der Waals surface area contributed by atoms with E-state index in [1.165, 1.54) is 0 Å². The number of likely N-dealkylation sites (tertiary alicyclic amines) is 1. The molecule has 1 aromatic carbocycles. The molecule has 162 valence electrons. The number of hydrogen-bond donors (Lipinski definition) is 0. The molecule has 0 atom stereocenters. The van der Waals surface area contributed by atoms with Crippen LogP contribution in [0, 0.1) is 0 Å². The van der Waals surface area contributed by atoms with Crippen LogP contribution in [0.2, 0.25) is 0 Å². The summed E-state index contributed by atoms with van der Waals surface area (Å²) in [6.07, 6.45) is 3.88. The van der Waals surface area contributed by atoms with Crippen molar-refractivity contribution in [3.8, 4) is 5.75 Å². The van der Waals surface area contributed by atoms with E-state index in [1.807, 2.05) is 24.1 Å². The number of nitrogens with zero attached hydrogens (tertiary/aromatic N) is 2. The summed E-state index contributed by atoms with van der Waals surface area (Å²) >= 11 is 0. The van der Waals surface area contributed by atoms with Crippen molar-refractivity contribution in [3.63, 3.8) is 0 Å². The minimum Gasteiger partial charge on any atom is -0.490 e. The summed E-state index contributed by atoms with van der Waals surface area (Å²) in [5, 5.41) is 0. The molecule has 2 fully saturated rings. The highest BCUT2D eigenvalue weighted by Crippen LogP contribution is 2.38. The first-order chi connectivity index (χ1) is 13.8. The number of benzene rings is 1. The third-order valence-corrected chi connectivity index (χ3v) is 6.77. The average molecular weight is 403 g/mol. The molecule has 5 nitrogen and oxygen atoms in total. The molecule has 1 amide bonds. The van der Waals surface area contributed by atoms with E-state index in [0.717, 1.165) is 50.1 Å². The molecule has 0 unspecified atom stereocenters. The Morgan fingerprint density at radius 2 is 1.69 bits per heavy atom. The van der Waals surface area contributed by atoms with Gasteiger partial charge in [-0.2, -0.15) is 0 Å². The Balaban J connectivity index is 1.70. The van der Waals surface area contributed by atoms with Crippen molar-refractivity contribution >= 4 is 5.91 Å². The van der Waals surface area contributed by atoms with Crippen LogP contribution >= 0.6 is 0 Å². The maximum Gasteiger partial charge on any atom is 0.233 e. The van der Waals surface area contributed by atoms with E-state index in [-0.39, 0.29) is 18.1 Å². The molecule has 0 radical (unpaired) electrons. The molecule has 0 N–H and O–H groups in total. The number of amides is 1. The Kier molecular flexibility index (Phi) is 7.23. The molecule has 5 heteroatoms. The van der Waals surface area contributed by atoms with E-state index >= 15 is 0 Å². The highest BCUT2D eigenvalue weighted by atomic mass is 16.5. The van der Waals surface area contributed by atoms with Crippen LogP contribution in [-0.4, -0.2) is 67.2 Å². The summed E-state index contributed by atoms with van der Waals surface area (Å²) < 4.78 is 11.8. The first kappa shape index (κ1) is 22.1. The van der Waals surface area contributed by atoms with E-state index in [9.17, 15) is 4.79 Å². The van der Waals surface area contributed by atoms with Gasteiger partial charge in [0.25, 0.3) is 0 Å². The molecular formula is C24H38N2O3. The molecule has 0 aliphatic carbocycles. The first-order valence-electron chi connectivity index (χ1n) is 11.2. The highest BCUT2D eigenvalue weighted by Gasteiger charge is 2.43. The second-order valence-electron chi connectivity index (χ2n) is 9.18. The van der Waals surface area contributed by atoms with Gasteiger partial charge in [0.2, 0.25) is 5.91 Å². The summed E-state index contributed by atoms with van der Waals surface area (Å²) in [4.78, 5) is 17.8. The van der Waals surface area contributed by atoms with Gasteiger partial charge in [0, 0.05) is 45.4 Å². The van der Waals surface area contributed by atoms with Crippen molar-refractivity contribution < 1.29 is 14.3 Å². The van der Waals surface area contributed by atoms with Crippen LogP contribution in [0.3, 0.4) is 0 Å². The summed E-state index contributed by atoms with van der Waals surface area (Å²) in [5.41, 5.74) is 0.596. The molecule has 0 saturated carbocycles. The quantitative estimate of drug-likeness (QED) is 0.725. The smallest absolute Gasteiger partial charge is 0.233 e. The van der Waals surface area contributed by atoms with Crippen molar-refractivity contribution in [2.75, 3.05) is 33.4 Å².